The molecule has 4 rings (SSSR count). The number of amides is 2. The number of guanidine groups is 1. The van der Waals surface area contributed by atoms with Crippen molar-refractivity contribution in [2.24, 2.45) is 16.6 Å². The van der Waals surface area contributed by atoms with Crippen LogP contribution in [-0.2, 0) is 19.8 Å². The Balaban J connectivity index is 1.81. The van der Waals surface area contributed by atoms with Gasteiger partial charge in [-0.2, -0.15) is 0 Å². The van der Waals surface area contributed by atoms with E-state index in [0.29, 0.717) is 24.5 Å². The average Bonchev–Trinajstić information content (AvgIpc) is 3.65. The molecule has 0 spiro atoms. The molecule has 1 heterocycles. The van der Waals surface area contributed by atoms with Gasteiger partial charge in [0.2, 0.25) is 0 Å². The summed E-state index contributed by atoms with van der Waals surface area (Å²) in [6, 6.07) is 6.19. The maximum absolute atomic E-state index is 14.2. The molecule has 0 aromatic heterocycles. The number of aliphatic imine (C=N–C) groups is 1. The van der Waals surface area contributed by atoms with Crippen LogP contribution in [0, 0.1) is 17.6 Å². The number of carbonyl (C=O) groups is 3. The molecule has 1 fully saturated rings. The largest absolute Gasteiger partial charge is 0.465 e. The van der Waals surface area contributed by atoms with Crippen molar-refractivity contribution in [2.45, 2.75) is 24.4 Å². The Bertz CT molecular complexity index is 1280. The molecule has 9 nitrogen and oxygen atoms in total. The van der Waals surface area contributed by atoms with Crippen LogP contribution in [0.4, 0.5) is 13.6 Å². The quantitative estimate of drug-likeness (QED) is 0.543. The number of nitrogens with zero attached hydrogens (tertiary/aromatic N) is 3. The van der Waals surface area contributed by atoms with Gasteiger partial charge in [-0.1, -0.05) is 17.7 Å². The lowest BCUT2D eigenvalue weighted by molar-refractivity contribution is -0.134. The number of hydrogen-bond acceptors (Lipinski definition) is 7. The molecule has 2 aromatic carbocycles. The van der Waals surface area contributed by atoms with E-state index in [4.69, 9.17) is 26.8 Å². The summed E-state index contributed by atoms with van der Waals surface area (Å²) in [7, 11) is 4.17. The van der Waals surface area contributed by atoms with Crippen LogP contribution in [0.3, 0.4) is 0 Å². The normalized spacial score (nSPS) is 19.9. The third-order valence-electron chi connectivity index (χ3n) is 6.38. The first-order valence-corrected chi connectivity index (χ1v) is 11.7. The molecule has 2 atom stereocenters. The molecule has 2 aliphatic rings. The Hall–Kier alpha value is -3.73. The summed E-state index contributed by atoms with van der Waals surface area (Å²) in [5, 5.41) is 0.108. The van der Waals surface area contributed by atoms with Crippen LogP contribution >= 0.6 is 11.6 Å². The predicted octanol–water partition coefficient (Wildman–Crippen LogP) is 3.61. The number of carbonyl (C=O) groups excluding carboxylic acids is 3. The van der Waals surface area contributed by atoms with E-state index in [9.17, 15) is 23.2 Å². The fourth-order valence-corrected chi connectivity index (χ4v) is 4.65. The van der Waals surface area contributed by atoms with Crippen molar-refractivity contribution < 1.29 is 32.6 Å². The van der Waals surface area contributed by atoms with Crippen molar-refractivity contribution in [1.82, 2.24) is 9.80 Å². The van der Waals surface area contributed by atoms with E-state index in [-0.39, 0.29) is 34.6 Å². The second-order valence-corrected chi connectivity index (χ2v) is 9.47. The highest BCUT2D eigenvalue weighted by molar-refractivity contribution is 6.33. The van der Waals surface area contributed by atoms with Crippen LogP contribution in [0.25, 0.3) is 0 Å². The zero-order valence-corrected chi connectivity index (χ0v) is 21.1. The monoisotopic (exact) mass is 534 g/mol. The van der Waals surface area contributed by atoms with Gasteiger partial charge in [0.05, 0.1) is 23.7 Å². The minimum absolute atomic E-state index is 0.0217. The SMILES string of the molecule is COC(=O)c1cc([C@@H](COC(=O)N(C)C)N2C(=O)C(c3cc(F)cc(F)c3)(C3CC3)N=C2N)ccc1Cl. The zero-order valence-electron chi connectivity index (χ0n) is 20.3. The maximum Gasteiger partial charge on any atom is 0.409 e. The Morgan fingerprint density at radius 3 is 2.43 bits per heavy atom. The summed E-state index contributed by atoms with van der Waals surface area (Å²) in [5.41, 5.74) is 5.05. The van der Waals surface area contributed by atoms with E-state index < -0.39 is 41.2 Å². The van der Waals surface area contributed by atoms with Crippen molar-refractivity contribution in [2.75, 3.05) is 27.8 Å². The van der Waals surface area contributed by atoms with Crippen LogP contribution in [-0.4, -0.2) is 61.5 Å². The van der Waals surface area contributed by atoms with Gasteiger partial charge in [-0.25, -0.2) is 23.4 Å². The van der Waals surface area contributed by atoms with Gasteiger partial charge in [0.25, 0.3) is 5.91 Å². The van der Waals surface area contributed by atoms with E-state index in [1.807, 2.05) is 0 Å². The van der Waals surface area contributed by atoms with Crippen LogP contribution in [0.1, 0.15) is 40.4 Å². The van der Waals surface area contributed by atoms with Gasteiger partial charge >= 0.3 is 12.1 Å². The minimum atomic E-state index is -1.64. The number of ether oxygens (including phenoxy) is 2. The molecule has 0 bridgehead atoms. The molecule has 12 heteroatoms. The molecule has 1 saturated carbocycles. The Kier molecular flexibility index (Phi) is 7.09. The first-order valence-electron chi connectivity index (χ1n) is 11.4. The number of nitrogens with two attached hydrogens (primary N) is 1. The third-order valence-corrected chi connectivity index (χ3v) is 6.70. The molecule has 2 N–H and O–H groups in total. The minimum Gasteiger partial charge on any atom is -0.465 e. The fraction of sp³-hybridized carbons (Fsp3) is 0.360. The molecule has 1 aliphatic carbocycles. The van der Waals surface area contributed by atoms with Gasteiger partial charge in [-0.3, -0.25) is 9.69 Å². The van der Waals surface area contributed by atoms with Gasteiger partial charge in [0, 0.05) is 20.2 Å². The summed E-state index contributed by atoms with van der Waals surface area (Å²) >= 11 is 6.17. The molecular weight excluding hydrogens is 510 g/mol. The lowest BCUT2D eigenvalue weighted by Crippen LogP contribution is -2.47. The number of hydrogen-bond donors (Lipinski definition) is 1. The van der Waals surface area contributed by atoms with Gasteiger partial charge in [-0.05, 0) is 54.2 Å². The van der Waals surface area contributed by atoms with Crippen LogP contribution < -0.4 is 5.73 Å². The third kappa shape index (κ3) is 4.83. The Morgan fingerprint density at radius 2 is 1.86 bits per heavy atom. The van der Waals surface area contributed by atoms with Crippen LogP contribution in [0.15, 0.2) is 41.4 Å². The number of esters is 1. The molecule has 2 aromatic rings. The van der Waals surface area contributed by atoms with Crippen molar-refractivity contribution in [1.29, 1.82) is 0 Å². The second-order valence-electron chi connectivity index (χ2n) is 9.06. The van der Waals surface area contributed by atoms with Crippen molar-refractivity contribution in [3.05, 3.63) is 69.7 Å². The smallest absolute Gasteiger partial charge is 0.409 e. The number of methoxy groups -OCH3 is 1. The molecule has 1 unspecified atom stereocenters. The van der Waals surface area contributed by atoms with Gasteiger partial charge < -0.3 is 20.1 Å². The first kappa shape index (κ1) is 26.3. The van der Waals surface area contributed by atoms with Crippen molar-refractivity contribution in [3.8, 4) is 0 Å². The molecule has 196 valence electrons. The van der Waals surface area contributed by atoms with Crippen molar-refractivity contribution >= 4 is 35.5 Å². The van der Waals surface area contributed by atoms with Crippen LogP contribution in [0.5, 0.6) is 0 Å². The maximum atomic E-state index is 14.2. The zero-order chi connectivity index (χ0) is 27.1. The molecule has 1 aliphatic heterocycles. The summed E-state index contributed by atoms with van der Waals surface area (Å²) in [6.07, 6.45) is 0.514. The van der Waals surface area contributed by atoms with Gasteiger partial charge in [-0.15, -0.1) is 0 Å². The number of benzene rings is 2. The van der Waals surface area contributed by atoms with E-state index in [2.05, 4.69) is 4.99 Å². The summed E-state index contributed by atoms with van der Waals surface area (Å²) in [6.45, 7) is -0.362. The fourth-order valence-electron chi connectivity index (χ4n) is 4.45. The summed E-state index contributed by atoms with van der Waals surface area (Å²) in [5.74, 6) is -3.60. The molecule has 0 saturated heterocycles. The lowest BCUT2D eigenvalue weighted by Gasteiger charge is -2.32. The summed E-state index contributed by atoms with van der Waals surface area (Å²) in [4.78, 5) is 45.4. The van der Waals surface area contributed by atoms with E-state index >= 15 is 0 Å². The molecule has 0 radical (unpaired) electrons. The van der Waals surface area contributed by atoms with Gasteiger partial charge in [0.1, 0.15) is 18.2 Å². The lowest BCUT2D eigenvalue weighted by atomic mass is 9.84. The molecule has 37 heavy (non-hydrogen) atoms. The second kappa shape index (κ2) is 9.97. The molecule has 2 amide bonds. The standard InChI is InChI=1S/C25H25ClF2N4O5/c1-31(2)24(35)37-12-20(13-4-7-19(26)18(8-13)21(33)36-3)32-22(34)25(14-5-6-14,30-23(32)29)15-9-16(27)11-17(28)10-15/h4,7-11,14,20H,5-6,12H2,1-3H3,(H2,29,30)/t20-,25?/m1/s1. The predicted molar refractivity (Wildman–Crippen MR) is 130 cm³/mol. The number of halogens is 3. The van der Waals surface area contributed by atoms with E-state index in [0.717, 1.165) is 17.0 Å². The Labute approximate surface area is 216 Å². The highest BCUT2D eigenvalue weighted by Gasteiger charge is 2.59. The number of rotatable bonds is 7. The van der Waals surface area contributed by atoms with E-state index in [1.165, 1.54) is 38.2 Å². The first-order chi connectivity index (χ1) is 17.5. The van der Waals surface area contributed by atoms with Crippen molar-refractivity contribution in [3.63, 3.8) is 0 Å². The highest BCUT2D eigenvalue weighted by atomic mass is 35.5. The van der Waals surface area contributed by atoms with Gasteiger partial charge in [0.15, 0.2) is 11.5 Å². The Morgan fingerprint density at radius 1 is 1.22 bits per heavy atom. The average molecular weight is 535 g/mol. The topological polar surface area (TPSA) is 115 Å². The highest BCUT2D eigenvalue weighted by Crippen LogP contribution is 2.53. The van der Waals surface area contributed by atoms with Crippen LogP contribution in [0.2, 0.25) is 5.02 Å². The van der Waals surface area contributed by atoms with E-state index in [1.54, 1.807) is 6.07 Å². The molecular formula is C25H25ClF2N4O5. The summed E-state index contributed by atoms with van der Waals surface area (Å²) < 4.78 is 38.6.